The molecule has 1 atom stereocenters. The van der Waals surface area contributed by atoms with Crippen LogP contribution in [0.1, 0.15) is 12.5 Å². The molecule has 1 amide bonds. The number of halogens is 1. The molecule has 0 saturated carbocycles. The number of rotatable bonds is 5. The van der Waals surface area contributed by atoms with Gasteiger partial charge >= 0.3 is 0 Å². The Morgan fingerprint density at radius 3 is 2.71 bits per heavy atom. The van der Waals surface area contributed by atoms with Gasteiger partial charge in [-0.15, -0.1) is 0 Å². The van der Waals surface area contributed by atoms with E-state index in [1.165, 1.54) is 26.2 Å². The van der Waals surface area contributed by atoms with Crippen molar-refractivity contribution in [2.24, 2.45) is 5.73 Å². The minimum absolute atomic E-state index is 0.269. The summed E-state index contributed by atoms with van der Waals surface area (Å²) in [5, 5.41) is 9.61. The summed E-state index contributed by atoms with van der Waals surface area (Å²) in [5.74, 6) is 0.00578. The normalized spacial score (nSPS) is 12.0. The van der Waals surface area contributed by atoms with Crippen LogP contribution in [-0.4, -0.2) is 24.2 Å². The van der Waals surface area contributed by atoms with Gasteiger partial charge in [0.15, 0.2) is 17.6 Å². The van der Waals surface area contributed by atoms with Crippen molar-refractivity contribution in [3.05, 3.63) is 22.7 Å². The van der Waals surface area contributed by atoms with Gasteiger partial charge in [-0.05, 0) is 13.0 Å². The zero-order chi connectivity index (χ0) is 13.0. The zero-order valence-corrected chi connectivity index (χ0v) is 10.3. The second-order valence-electron chi connectivity index (χ2n) is 3.42. The van der Waals surface area contributed by atoms with Crippen molar-refractivity contribution in [3.8, 4) is 11.5 Å². The van der Waals surface area contributed by atoms with Crippen LogP contribution in [0.15, 0.2) is 12.1 Å². The number of nitrogens with two attached hydrogens (primary N) is 1. The molecule has 1 aromatic carbocycles. The number of carbonyl (C=O) groups excluding carboxylic acids is 1. The smallest absolute Gasteiger partial charge is 0.258 e. The van der Waals surface area contributed by atoms with Gasteiger partial charge in [-0.3, -0.25) is 4.79 Å². The summed E-state index contributed by atoms with van der Waals surface area (Å²) in [4.78, 5) is 10.9. The van der Waals surface area contributed by atoms with E-state index in [0.717, 1.165) is 0 Å². The number of aliphatic hydroxyl groups excluding tert-OH is 1. The number of amides is 1. The van der Waals surface area contributed by atoms with Gasteiger partial charge in [-0.25, -0.2) is 0 Å². The van der Waals surface area contributed by atoms with E-state index >= 15 is 0 Å². The summed E-state index contributed by atoms with van der Waals surface area (Å²) >= 11 is 5.84. The minimum atomic E-state index is -0.824. The van der Waals surface area contributed by atoms with Gasteiger partial charge < -0.3 is 20.3 Å². The Morgan fingerprint density at radius 2 is 2.24 bits per heavy atom. The molecule has 94 valence electrons. The topological polar surface area (TPSA) is 81.8 Å². The van der Waals surface area contributed by atoms with E-state index in [9.17, 15) is 9.90 Å². The standard InChI is InChI=1S/C11H14ClNO4/c1-6(11(13)15)17-10-7(5-14)3-8(12)4-9(10)16-2/h3-4,6,14H,5H2,1-2H3,(H2,13,15). The molecule has 0 heterocycles. The van der Waals surface area contributed by atoms with Crippen LogP contribution in [0, 0.1) is 0 Å². The molecule has 5 nitrogen and oxygen atoms in total. The van der Waals surface area contributed by atoms with Crippen LogP contribution < -0.4 is 15.2 Å². The summed E-state index contributed by atoms with van der Waals surface area (Å²) < 4.78 is 10.4. The predicted octanol–water partition coefficient (Wildman–Crippen LogP) is 1.09. The fraction of sp³-hybridized carbons (Fsp3) is 0.364. The van der Waals surface area contributed by atoms with Gasteiger partial charge in [0.05, 0.1) is 13.7 Å². The molecule has 0 aromatic heterocycles. The maximum Gasteiger partial charge on any atom is 0.258 e. The lowest BCUT2D eigenvalue weighted by molar-refractivity contribution is -0.124. The average molecular weight is 260 g/mol. The number of primary amides is 1. The second kappa shape index (κ2) is 5.75. The van der Waals surface area contributed by atoms with Crippen molar-refractivity contribution >= 4 is 17.5 Å². The predicted molar refractivity (Wildman–Crippen MR) is 63.2 cm³/mol. The van der Waals surface area contributed by atoms with Crippen LogP contribution in [0.5, 0.6) is 11.5 Å². The van der Waals surface area contributed by atoms with Gasteiger partial charge in [-0.2, -0.15) is 0 Å². The number of hydrogen-bond acceptors (Lipinski definition) is 4. The third-order valence-electron chi connectivity index (χ3n) is 2.18. The van der Waals surface area contributed by atoms with Crippen molar-refractivity contribution in [2.75, 3.05) is 7.11 Å². The second-order valence-corrected chi connectivity index (χ2v) is 3.85. The van der Waals surface area contributed by atoms with Gasteiger partial charge in [0.1, 0.15) is 0 Å². The highest BCUT2D eigenvalue weighted by Gasteiger charge is 2.17. The summed E-state index contributed by atoms with van der Waals surface area (Å²) in [5.41, 5.74) is 5.54. The Bertz CT molecular complexity index is 397. The van der Waals surface area contributed by atoms with Crippen LogP contribution in [0.4, 0.5) is 0 Å². The molecule has 0 aliphatic heterocycles. The fourth-order valence-corrected chi connectivity index (χ4v) is 1.49. The molecule has 0 radical (unpaired) electrons. The maximum absolute atomic E-state index is 10.9. The lowest BCUT2D eigenvalue weighted by atomic mass is 10.2. The van der Waals surface area contributed by atoms with Crippen LogP contribution >= 0.6 is 11.6 Å². The molecule has 1 rings (SSSR count). The summed E-state index contributed by atoms with van der Waals surface area (Å²) in [6.07, 6.45) is -0.824. The zero-order valence-electron chi connectivity index (χ0n) is 9.57. The fourth-order valence-electron chi connectivity index (χ4n) is 1.26. The summed E-state index contributed by atoms with van der Waals surface area (Å²) in [6.45, 7) is 1.23. The number of aliphatic hydroxyl groups is 1. The highest BCUT2D eigenvalue weighted by atomic mass is 35.5. The maximum atomic E-state index is 10.9. The van der Waals surface area contributed by atoms with Crippen molar-refractivity contribution in [1.29, 1.82) is 0 Å². The molecule has 0 aliphatic carbocycles. The van der Waals surface area contributed by atoms with Crippen LogP contribution in [0.2, 0.25) is 5.02 Å². The molecule has 17 heavy (non-hydrogen) atoms. The first-order valence-corrected chi connectivity index (χ1v) is 5.30. The van der Waals surface area contributed by atoms with Crippen molar-refractivity contribution in [3.63, 3.8) is 0 Å². The van der Waals surface area contributed by atoms with Gasteiger partial charge in [0, 0.05) is 16.7 Å². The Labute approximate surface area is 104 Å². The van der Waals surface area contributed by atoms with E-state index in [-0.39, 0.29) is 12.4 Å². The highest BCUT2D eigenvalue weighted by Crippen LogP contribution is 2.35. The Hall–Kier alpha value is -1.46. The number of methoxy groups -OCH3 is 1. The van der Waals surface area contributed by atoms with Crippen molar-refractivity contribution in [1.82, 2.24) is 0 Å². The van der Waals surface area contributed by atoms with E-state index in [2.05, 4.69) is 0 Å². The van der Waals surface area contributed by atoms with E-state index in [1.807, 2.05) is 0 Å². The quantitative estimate of drug-likeness (QED) is 0.829. The number of carbonyl (C=O) groups is 1. The first kappa shape index (κ1) is 13.6. The lowest BCUT2D eigenvalue weighted by Crippen LogP contribution is -2.31. The van der Waals surface area contributed by atoms with Crippen LogP contribution in [-0.2, 0) is 11.4 Å². The molecule has 3 N–H and O–H groups in total. The molecule has 0 bridgehead atoms. The number of ether oxygens (including phenoxy) is 2. The third-order valence-corrected chi connectivity index (χ3v) is 2.40. The van der Waals surface area contributed by atoms with E-state index in [4.69, 9.17) is 26.8 Å². The van der Waals surface area contributed by atoms with Gasteiger partial charge in [0.25, 0.3) is 5.91 Å². The molecule has 0 aliphatic rings. The number of benzene rings is 1. The monoisotopic (exact) mass is 259 g/mol. The summed E-state index contributed by atoms with van der Waals surface area (Å²) in [7, 11) is 1.44. The largest absolute Gasteiger partial charge is 0.493 e. The number of hydrogen-bond donors (Lipinski definition) is 2. The SMILES string of the molecule is COc1cc(Cl)cc(CO)c1OC(C)C(N)=O. The highest BCUT2D eigenvalue weighted by molar-refractivity contribution is 6.30. The molecule has 0 saturated heterocycles. The molecule has 6 heteroatoms. The van der Waals surface area contributed by atoms with Crippen LogP contribution in [0.3, 0.4) is 0 Å². The molecule has 0 fully saturated rings. The van der Waals surface area contributed by atoms with E-state index in [0.29, 0.717) is 16.3 Å². The Balaban J connectivity index is 3.15. The van der Waals surface area contributed by atoms with Gasteiger partial charge in [-0.1, -0.05) is 11.6 Å². The molecular formula is C11H14ClNO4. The van der Waals surface area contributed by atoms with Crippen LogP contribution in [0.25, 0.3) is 0 Å². The summed E-state index contributed by atoms with van der Waals surface area (Å²) in [6, 6.07) is 3.07. The Kier molecular flexibility index (Phi) is 4.60. The van der Waals surface area contributed by atoms with Crippen molar-refractivity contribution in [2.45, 2.75) is 19.6 Å². The average Bonchev–Trinajstić information content (AvgIpc) is 2.30. The van der Waals surface area contributed by atoms with Crippen molar-refractivity contribution < 1.29 is 19.4 Å². The minimum Gasteiger partial charge on any atom is -0.493 e. The van der Waals surface area contributed by atoms with Gasteiger partial charge in [0.2, 0.25) is 0 Å². The Morgan fingerprint density at radius 1 is 1.59 bits per heavy atom. The first-order chi connectivity index (χ1) is 7.99. The molecule has 0 spiro atoms. The van der Waals surface area contributed by atoms with E-state index < -0.39 is 12.0 Å². The molecule has 1 unspecified atom stereocenters. The molecular weight excluding hydrogens is 246 g/mol. The third kappa shape index (κ3) is 3.25. The first-order valence-electron chi connectivity index (χ1n) is 4.92. The lowest BCUT2D eigenvalue weighted by Gasteiger charge is -2.17. The van der Waals surface area contributed by atoms with E-state index in [1.54, 1.807) is 0 Å². The molecule has 1 aromatic rings.